The molecular weight excluding hydrogens is 342 g/mol. The van der Waals surface area contributed by atoms with Gasteiger partial charge in [-0.05, 0) is 49.2 Å². The molecule has 3 aromatic rings. The van der Waals surface area contributed by atoms with Crippen LogP contribution in [0.3, 0.4) is 0 Å². The second kappa shape index (κ2) is 7.15. The number of carbonyl (C=O) groups excluding carboxylic acids is 1. The van der Waals surface area contributed by atoms with E-state index in [1.807, 2.05) is 16.8 Å². The second-order valence-corrected chi connectivity index (χ2v) is 6.72. The lowest BCUT2D eigenvalue weighted by molar-refractivity contribution is 0.0996. The zero-order valence-electron chi connectivity index (χ0n) is 14.9. The van der Waals surface area contributed by atoms with Crippen LogP contribution in [0.4, 0.5) is 5.69 Å². The predicted octanol–water partition coefficient (Wildman–Crippen LogP) is 4.55. The number of rotatable bonds is 6. The third kappa shape index (κ3) is 3.38. The number of carbonyl (C=O) groups is 1. The molecule has 6 nitrogen and oxygen atoms in total. The van der Waals surface area contributed by atoms with Gasteiger partial charge < -0.3 is 14.8 Å². The molecule has 138 valence electrons. The van der Waals surface area contributed by atoms with Gasteiger partial charge in [0.2, 0.25) is 0 Å². The molecule has 0 atom stereocenters. The van der Waals surface area contributed by atoms with Gasteiger partial charge in [0, 0.05) is 22.9 Å². The van der Waals surface area contributed by atoms with Gasteiger partial charge in [-0.1, -0.05) is 12.5 Å². The fourth-order valence-electron chi connectivity index (χ4n) is 3.28. The maximum Gasteiger partial charge on any atom is 0.291 e. The predicted molar refractivity (Wildman–Crippen MR) is 103 cm³/mol. The molecule has 0 unspecified atom stereocenters. The van der Waals surface area contributed by atoms with Crippen LogP contribution in [0.5, 0.6) is 5.75 Å². The lowest BCUT2D eigenvalue weighted by Crippen LogP contribution is -2.14. The normalized spacial score (nSPS) is 13.9. The molecule has 1 saturated carbocycles. The molecule has 1 fully saturated rings. The fraction of sp³-hybridized carbons (Fsp3) is 0.238. The molecule has 1 amide bonds. The average molecular weight is 363 g/mol. The Bertz CT molecular complexity index is 969. The van der Waals surface area contributed by atoms with E-state index in [0.717, 1.165) is 12.8 Å². The number of aromatic hydroxyl groups is 1. The molecule has 0 saturated heterocycles. The number of nitrogens with one attached hydrogen (secondary N) is 1. The maximum absolute atomic E-state index is 12.2. The van der Waals surface area contributed by atoms with E-state index in [1.54, 1.807) is 30.3 Å². The van der Waals surface area contributed by atoms with Crippen molar-refractivity contribution >= 4 is 11.6 Å². The van der Waals surface area contributed by atoms with E-state index in [0.29, 0.717) is 29.4 Å². The highest BCUT2D eigenvalue weighted by Gasteiger charge is 2.25. The monoisotopic (exact) mass is 363 g/mol. The van der Waals surface area contributed by atoms with E-state index in [4.69, 9.17) is 4.42 Å². The van der Waals surface area contributed by atoms with Crippen molar-refractivity contribution in [1.82, 2.24) is 9.78 Å². The molecule has 0 spiro atoms. The summed E-state index contributed by atoms with van der Waals surface area (Å²) in [6.07, 6.45) is 6.82. The third-order valence-electron chi connectivity index (χ3n) is 4.91. The molecule has 0 radical (unpaired) electrons. The zero-order valence-corrected chi connectivity index (χ0v) is 14.9. The van der Waals surface area contributed by atoms with Crippen LogP contribution in [-0.4, -0.2) is 20.8 Å². The summed E-state index contributed by atoms with van der Waals surface area (Å²) in [7, 11) is 0. The summed E-state index contributed by atoms with van der Waals surface area (Å²) in [6.45, 7) is 4.43. The highest BCUT2D eigenvalue weighted by Crippen LogP contribution is 2.39. The summed E-state index contributed by atoms with van der Waals surface area (Å²) < 4.78 is 7.05. The molecule has 27 heavy (non-hydrogen) atoms. The number of nitrogens with zero attached hydrogens (tertiary/aromatic N) is 2. The van der Waals surface area contributed by atoms with Crippen molar-refractivity contribution in [2.45, 2.75) is 31.7 Å². The van der Waals surface area contributed by atoms with Gasteiger partial charge in [-0.2, -0.15) is 5.10 Å². The van der Waals surface area contributed by atoms with Gasteiger partial charge in [-0.3, -0.25) is 9.48 Å². The summed E-state index contributed by atoms with van der Waals surface area (Å²) in [5, 5.41) is 17.8. The summed E-state index contributed by atoms with van der Waals surface area (Å²) in [6, 6.07) is 10.2. The Morgan fingerprint density at radius 3 is 2.89 bits per heavy atom. The Kier molecular flexibility index (Phi) is 4.54. The molecule has 2 aromatic heterocycles. The summed E-state index contributed by atoms with van der Waals surface area (Å²) in [4.78, 5) is 12.2. The van der Waals surface area contributed by atoms with Crippen LogP contribution in [0.25, 0.3) is 11.3 Å². The first-order valence-corrected chi connectivity index (χ1v) is 9.02. The van der Waals surface area contributed by atoms with E-state index >= 15 is 0 Å². The largest absolute Gasteiger partial charge is 0.507 e. The molecule has 0 bridgehead atoms. The average Bonchev–Trinajstić information content (AvgIpc) is 3.26. The quantitative estimate of drug-likeness (QED) is 0.497. The number of aromatic nitrogens is 2. The Hall–Kier alpha value is -3.28. The first kappa shape index (κ1) is 17.1. The second-order valence-electron chi connectivity index (χ2n) is 6.72. The summed E-state index contributed by atoms with van der Waals surface area (Å²) >= 11 is 0. The number of anilines is 1. The lowest BCUT2D eigenvalue weighted by atomic mass is 9.82. The molecule has 1 aliphatic carbocycles. The lowest BCUT2D eigenvalue weighted by Gasteiger charge is -2.25. The first-order valence-electron chi connectivity index (χ1n) is 9.02. The van der Waals surface area contributed by atoms with Crippen molar-refractivity contribution < 1.29 is 14.3 Å². The van der Waals surface area contributed by atoms with Crippen molar-refractivity contribution in [2.75, 3.05) is 5.32 Å². The molecule has 6 heteroatoms. The van der Waals surface area contributed by atoms with Crippen molar-refractivity contribution in [2.24, 2.45) is 0 Å². The van der Waals surface area contributed by atoms with Crippen molar-refractivity contribution in [3.63, 3.8) is 0 Å². The number of hydrogen-bond acceptors (Lipinski definition) is 4. The number of phenolic OH excluding ortho intramolecular Hbond substituents is 1. The van der Waals surface area contributed by atoms with Gasteiger partial charge in [-0.15, -0.1) is 6.58 Å². The zero-order chi connectivity index (χ0) is 18.8. The minimum atomic E-state index is -0.344. The van der Waals surface area contributed by atoms with Gasteiger partial charge in [0.15, 0.2) is 5.76 Å². The smallest absolute Gasteiger partial charge is 0.291 e. The molecular formula is C21H21N3O3. The van der Waals surface area contributed by atoms with Crippen LogP contribution in [0.1, 0.15) is 41.4 Å². The van der Waals surface area contributed by atoms with E-state index < -0.39 is 0 Å². The molecule has 1 aliphatic rings. The van der Waals surface area contributed by atoms with E-state index in [2.05, 4.69) is 17.0 Å². The molecule has 0 aliphatic heterocycles. The van der Waals surface area contributed by atoms with Crippen LogP contribution >= 0.6 is 0 Å². The van der Waals surface area contributed by atoms with Gasteiger partial charge in [0.05, 0.1) is 18.5 Å². The fourth-order valence-corrected chi connectivity index (χ4v) is 3.28. The van der Waals surface area contributed by atoms with Crippen molar-refractivity contribution in [1.29, 1.82) is 0 Å². The minimum Gasteiger partial charge on any atom is -0.507 e. The molecule has 1 aromatic carbocycles. The molecule has 2 N–H and O–H groups in total. The number of benzene rings is 1. The number of hydrogen-bond donors (Lipinski definition) is 2. The molecule has 4 rings (SSSR count). The number of phenols is 1. The summed E-state index contributed by atoms with van der Waals surface area (Å²) in [5.41, 5.74) is 2.99. The van der Waals surface area contributed by atoms with Crippen molar-refractivity contribution in [3.8, 4) is 17.0 Å². The van der Waals surface area contributed by atoms with E-state index in [-0.39, 0.29) is 17.4 Å². The molecule has 2 heterocycles. The van der Waals surface area contributed by atoms with Crippen LogP contribution in [0.2, 0.25) is 0 Å². The Balaban J connectivity index is 1.65. The highest BCUT2D eigenvalue weighted by atomic mass is 16.3. The van der Waals surface area contributed by atoms with Crippen LogP contribution in [-0.2, 0) is 6.54 Å². The van der Waals surface area contributed by atoms with Crippen LogP contribution in [0, 0.1) is 0 Å². The first-order chi connectivity index (χ1) is 13.2. The Morgan fingerprint density at radius 2 is 2.22 bits per heavy atom. The van der Waals surface area contributed by atoms with Gasteiger partial charge in [0.1, 0.15) is 5.75 Å². The standard InChI is InChI=1S/C21H21N3O3/c1-2-10-24-18(14-5-3-6-14)13-17(23-24)16-12-15(8-9-19(16)25)22-21(26)20-7-4-11-27-20/h2,4,7-9,11-14,25H,1,3,5-6,10H2,(H,22,26). The van der Waals surface area contributed by atoms with Crippen molar-refractivity contribution in [3.05, 3.63) is 66.8 Å². The number of furan rings is 1. The number of allylic oxidation sites excluding steroid dienone is 1. The van der Waals surface area contributed by atoms with Crippen LogP contribution in [0.15, 0.2) is 59.7 Å². The van der Waals surface area contributed by atoms with E-state index in [9.17, 15) is 9.90 Å². The number of amides is 1. The third-order valence-corrected chi connectivity index (χ3v) is 4.91. The van der Waals surface area contributed by atoms with Gasteiger partial charge in [-0.25, -0.2) is 0 Å². The SMILES string of the molecule is C=CCn1nc(-c2cc(NC(=O)c3ccco3)ccc2O)cc1C1CCC1. The topological polar surface area (TPSA) is 80.3 Å². The highest BCUT2D eigenvalue weighted by molar-refractivity contribution is 6.02. The van der Waals surface area contributed by atoms with E-state index in [1.165, 1.54) is 18.4 Å². The Morgan fingerprint density at radius 1 is 1.37 bits per heavy atom. The van der Waals surface area contributed by atoms with Crippen LogP contribution < -0.4 is 5.32 Å². The Labute approximate surface area is 157 Å². The summed E-state index contributed by atoms with van der Waals surface area (Å²) in [5.74, 6) is 0.515. The minimum absolute atomic E-state index is 0.120. The van der Waals surface area contributed by atoms with Gasteiger partial charge >= 0.3 is 0 Å². The maximum atomic E-state index is 12.2. The van der Waals surface area contributed by atoms with Gasteiger partial charge in [0.25, 0.3) is 5.91 Å².